The molecule has 1 N–H and O–H groups in total. The minimum Gasteiger partial charge on any atom is -0.481 e. The molecule has 46 heavy (non-hydrogen) atoms. The highest BCUT2D eigenvalue weighted by atomic mass is 16.7. The Balaban J connectivity index is 1.55. The lowest BCUT2D eigenvalue weighted by atomic mass is 9.67. The summed E-state index contributed by atoms with van der Waals surface area (Å²) in [6.07, 6.45) is 8.05. The number of carbonyl (C=O) groups is 3. The van der Waals surface area contributed by atoms with Crippen molar-refractivity contribution in [1.82, 2.24) is 0 Å². The third kappa shape index (κ3) is 7.52. The van der Waals surface area contributed by atoms with Crippen LogP contribution >= 0.6 is 0 Å². The van der Waals surface area contributed by atoms with Gasteiger partial charge in [0.2, 0.25) is 0 Å². The van der Waals surface area contributed by atoms with Gasteiger partial charge >= 0.3 is 17.9 Å². The molecule has 4 aliphatic rings. The summed E-state index contributed by atoms with van der Waals surface area (Å²) in [6, 6.07) is 0. The Hall–Kier alpha value is -2.77. The average Bonchev–Trinajstić information content (AvgIpc) is 3.01. The van der Waals surface area contributed by atoms with Crippen molar-refractivity contribution in [2.45, 2.75) is 119 Å². The maximum absolute atomic E-state index is 13.8. The van der Waals surface area contributed by atoms with Crippen LogP contribution in [0.2, 0.25) is 0 Å². The first-order valence-corrected chi connectivity index (χ1v) is 17.5. The van der Waals surface area contributed by atoms with Gasteiger partial charge in [0.05, 0.1) is 16.2 Å². The molecule has 0 spiro atoms. The van der Waals surface area contributed by atoms with E-state index in [1.54, 1.807) is 0 Å². The molecule has 0 aromatic heterocycles. The van der Waals surface area contributed by atoms with Crippen molar-refractivity contribution in [2.24, 2.45) is 39.4 Å². The summed E-state index contributed by atoms with van der Waals surface area (Å²) >= 11 is 0. The number of carboxylic acid groups (broad SMARTS) is 1. The van der Waals surface area contributed by atoms with Crippen LogP contribution in [0.1, 0.15) is 119 Å². The van der Waals surface area contributed by atoms with Crippen LogP contribution in [-0.2, 0) is 33.3 Å². The van der Waals surface area contributed by atoms with Gasteiger partial charge < -0.3 is 24.1 Å². The number of ether oxygens (including phenoxy) is 4. The van der Waals surface area contributed by atoms with Crippen LogP contribution in [0.5, 0.6) is 0 Å². The highest BCUT2D eigenvalue weighted by Gasteiger charge is 2.49. The van der Waals surface area contributed by atoms with Crippen molar-refractivity contribution in [2.75, 3.05) is 26.4 Å². The van der Waals surface area contributed by atoms with E-state index in [4.69, 9.17) is 18.9 Å². The Bertz CT molecular complexity index is 1160. The van der Waals surface area contributed by atoms with Crippen LogP contribution < -0.4 is 0 Å². The van der Waals surface area contributed by atoms with E-state index in [1.807, 2.05) is 20.8 Å². The van der Waals surface area contributed by atoms with E-state index in [0.717, 1.165) is 42.4 Å². The molecule has 8 nitrogen and oxygen atoms in total. The minimum absolute atomic E-state index is 0.0169. The van der Waals surface area contributed by atoms with E-state index in [1.165, 1.54) is 0 Å². The van der Waals surface area contributed by atoms with Crippen molar-refractivity contribution in [3.8, 4) is 0 Å². The van der Waals surface area contributed by atoms with Gasteiger partial charge in [-0.05, 0) is 94.8 Å². The average molecular weight is 643 g/mol. The van der Waals surface area contributed by atoms with Crippen LogP contribution in [0, 0.1) is 39.4 Å². The van der Waals surface area contributed by atoms with Crippen LogP contribution in [-0.4, -0.2) is 49.4 Å². The highest BCUT2D eigenvalue weighted by molar-refractivity contribution is 5.78. The van der Waals surface area contributed by atoms with Crippen molar-refractivity contribution in [3.05, 3.63) is 35.8 Å². The standard InChI is InChI=1S/C38H58O8/c1-9-36(32(39)40)15-29(8)14-30(20-36)31-43-21-35(22-44-31,23-45-33(41)37(10-2)16-25(4)12-26(5)17-37)24-46-34(42)38(11-3)18-27(6)13-28(7)19-38/h26,28-29H,4,6,9-24H2,1-3,5,7-8H3,(H,39,40). The Morgan fingerprint density at radius 1 is 0.717 bits per heavy atom. The molecule has 4 fully saturated rings. The van der Waals surface area contributed by atoms with E-state index in [0.29, 0.717) is 69.1 Å². The summed E-state index contributed by atoms with van der Waals surface area (Å²) in [7, 11) is 0. The Morgan fingerprint density at radius 3 is 1.52 bits per heavy atom. The summed E-state index contributed by atoms with van der Waals surface area (Å²) in [6.45, 7) is 20.9. The first-order valence-electron chi connectivity index (χ1n) is 17.5. The molecule has 0 bridgehead atoms. The van der Waals surface area contributed by atoms with Crippen molar-refractivity contribution >= 4 is 17.9 Å². The van der Waals surface area contributed by atoms with Gasteiger partial charge in [0.25, 0.3) is 5.95 Å². The Kier molecular flexibility index (Phi) is 11.1. The molecule has 6 unspecified atom stereocenters. The lowest BCUT2D eigenvalue weighted by molar-refractivity contribution is -0.187. The number of rotatable bonds is 10. The second kappa shape index (κ2) is 14.1. The zero-order valence-corrected chi connectivity index (χ0v) is 29.3. The first kappa shape index (κ1) is 36.1. The minimum atomic E-state index is -0.914. The number of carboxylic acids is 1. The molecule has 0 radical (unpaired) electrons. The lowest BCUT2D eigenvalue weighted by Crippen LogP contribution is -2.48. The molecular formula is C38H58O8. The molecule has 1 saturated heterocycles. The van der Waals surface area contributed by atoms with Gasteiger partial charge in [0.15, 0.2) is 0 Å². The molecule has 258 valence electrons. The lowest BCUT2D eigenvalue weighted by Gasteiger charge is -2.43. The van der Waals surface area contributed by atoms with Crippen molar-refractivity contribution in [3.63, 3.8) is 0 Å². The van der Waals surface area contributed by atoms with Gasteiger partial charge in [0, 0.05) is 5.57 Å². The van der Waals surface area contributed by atoms with Crippen LogP contribution in [0.25, 0.3) is 0 Å². The van der Waals surface area contributed by atoms with Crippen LogP contribution in [0.3, 0.4) is 0 Å². The summed E-state index contributed by atoms with van der Waals surface area (Å²) in [5.41, 5.74) is -0.00779. The zero-order chi connectivity index (χ0) is 33.9. The van der Waals surface area contributed by atoms with Gasteiger partial charge in [-0.15, -0.1) is 0 Å². The predicted octanol–water partition coefficient (Wildman–Crippen LogP) is 8.16. The molecule has 6 atom stereocenters. The quantitative estimate of drug-likeness (QED) is 0.188. The van der Waals surface area contributed by atoms with Gasteiger partial charge in [-0.25, -0.2) is 0 Å². The molecule has 1 aliphatic heterocycles. The zero-order valence-electron chi connectivity index (χ0n) is 29.3. The molecule has 0 aromatic carbocycles. The number of carbonyl (C=O) groups excluding carboxylic acids is 2. The number of esters is 2. The Labute approximate surface area is 276 Å². The SMILES string of the molecule is C=C1CC(C)CC(CC)(C(=O)OCC2(COC(=O)C3(CC)CC(=C)CC(C)C3)COC(=C3CC(C)CC(CC)(C(=O)O)C3)OC2)C1. The summed E-state index contributed by atoms with van der Waals surface area (Å²) in [5, 5.41) is 10.1. The molecule has 8 heteroatoms. The molecule has 0 amide bonds. The molecule has 3 aliphatic carbocycles. The Morgan fingerprint density at radius 2 is 1.13 bits per heavy atom. The van der Waals surface area contributed by atoms with E-state index < -0.39 is 27.6 Å². The van der Waals surface area contributed by atoms with Gasteiger partial charge in [-0.2, -0.15) is 0 Å². The van der Waals surface area contributed by atoms with Crippen molar-refractivity contribution < 1.29 is 38.4 Å². The van der Waals surface area contributed by atoms with E-state index in [-0.39, 0.29) is 44.3 Å². The fraction of sp³-hybridized carbons (Fsp3) is 0.763. The van der Waals surface area contributed by atoms with Crippen molar-refractivity contribution in [1.29, 1.82) is 0 Å². The maximum Gasteiger partial charge on any atom is 0.312 e. The summed E-state index contributed by atoms with van der Waals surface area (Å²) < 4.78 is 24.8. The molecule has 3 saturated carbocycles. The molecule has 4 rings (SSSR count). The normalized spacial score (nSPS) is 36.8. The predicted molar refractivity (Wildman–Crippen MR) is 176 cm³/mol. The topological polar surface area (TPSA) is 108 Å². The number of aliphatic carboxylic acids is 1. The fourth-order valence-electron chi connectivity index (χ4n) is 8.98. The largest absolute Gasteiger partial charge is 0.481 e. The smallest absolute Gasteiger partial charge is 0.312 e. The second-order valence-electron chi connectivity index (χ2n) is 15.9. The number of allylic oxidation sites excluding steroid dienone is 3. The van der Waals surface area contributed by atoms with Gasteiger partial charge in [-0.3, -0.25) is 14.4 Å². The van der Waals surface area contributed by atoms with Crippen LogP contribution in [0.15, 0.2) is 35.8 Å². The third-order valence-corrected chi connectivity index (χ3v) is 11.5. The van der Waals surface area contributed by atoms with Gasteiger partial charge in [0.1, 0.15) is 31.8 Å². The molecule has 0 aromatic rings. The second-order valence-corrected chi connectivity index (χ2v) is 15.9. The summed E-state index contributed by atoms with van der Waals surface area (Å²) in [4.78, 5) is 39.9. The molecule has 1 heterocycles. The molecular weight excluding hydrogens is 584 g/mol. The fourth-order valence-corrected chi connectivity index (χ4v) is 8.98. The monoisotopic (exact) mass is 642 g/mol. The summed E-state index contributed by atoms with van der Waals surface area (Å²) in [5.74, 6) is -0.0806. The van der Waals surface area contributed by atoms with E-state index in [9.17, 15) is 19.5 Å². The van der Waals surface area contributed by atoms with E-state index in [2.05, 4.69) is 33.9 Å². The van der Waals surface area contributed by atoms with E-state index >= 15 is 0 Å². The maximum atomic E-state index is 13.8. The highest BCUT2D eigenvalue weighted by Crippen LogP contribution is 2.49. The van der Waals surface area contributed by atoms with Gasteiger partial charge in [-0.1, -0.05) is 65.8 Å². The van der Waals surface area contributed by atoms with Crippen LogP contribution in [0.4, 0.5) is 0 Å². The third-order valence-electron chi connectivity index (χ3n) is 11.5. The number of hydrogen-bond donors (Lipinski definition) is 1. The first-order chi connectivity index (χ1) is 21.6. The number of hydrogen-bond acceptors (Lipinski definition) is 7.